The number of aryl methyl sites for hydroxylation is 1. The molecule has 0 aliphatic carbocycles. The van der Waals surface area contributed by atoms with Crippen LogP contribution in [0, 0.1) is 5.41 Å². The van der Waals surface area contributed by atoms with Gasteiger partial charge in [0.05, 0.1) is 7.11 Å². The summed E-state index contributed by atoms with van der Waals surface area (Å²) in [5, 5.41) is 4.17. The van der Waals surface area contributed by atoms with E-state index in [0.29, 0.717) is 5.41 Å². The Morgan fingerprint density at radius 3 is 2.63 bits per heavy atom. The molecule has 0 amide bonds. The first-order valence-corrected chi connectivity index (χ1v) is 7.39. The lowest BCUT2D eigenvalue weighted by Crippen LogP contribution is -2.22. The second-order valence-electron chi connectivity index (χ2n) is 5.72. The average Bonchev–Trinajstić information content (AvgIpc) is 2.37. The predicted octanol–water partition coefficient (Wildman–Crippen LogP) is 4.31. The number of hydrogen-bond acceptors (Lipinski definition) is 2. The highest BCUT2D eigenvalue weighted by Crippen LogP contribution is 2.30. The molecule has 0 aromatic heterocycles. The maximum atomic E-state index is 6.06. The highest BCUT2D eigenvalue weighted by molar-refractivity contribution is 6.30. The molecule has 19 heavy (non-hydrogen) atoms. The van der Waals surface area contributed by atoms with Crippen molar-refractivity contribution in [3.63, 3.8) is 0 Å². The SMILES string of the molecule is CCNCCC(C)(C)CCc1cc(Cl)ccc1OC. The standard InChI is InChI=1S/C16H26ClNO/c1-5-18-11-10-16(2,3)9-8-13-12-14(17)6-7-15(13)19-4/h6-7,12,18H,5,8-11H2,1-4H3. The second-order valence-corrected chi connectivity index (χ2v) is 6.16. The fourth-order valence-corrected chi connectivity index (χ4v) is 2.34. The average molecular weight is 284 g/mol. The predicted molar refractivity (Wildman–Crippen MR) is 83.3 cm³/mol. The molecule has 0 radical (unpaired) electrons. The van der Waals surface area contributed by atoms with Crippen LogP contribution in [-0.4, -0.2) is 20.2 Å². The molecule has 1 N–H and O–H groups in total. The Morgan fingerprint density at radius 2 is 2.00 bits per heavy atom. The van der Waals surface area contributed by atoms with E-state index in [-0.39, 0.29) is 0 Å². The molecular weight excluding hydrogens is 258 g/mol. The summed E-state index contributed by atoms with van der Waals surface area (Å²) in [6, 6.07) is 5.84. The highest BCUT2D eigenvalue weighted by atomic mass is 35.5. The fourth-order valence-electron chi connectivity index (χ4n) is 2.14. The van der Waals surface area contributed by atoms with E-state index in [1.165, 1.54) is 12.0 Å². The van der Waals surface area contributed by atoms with Crippen LogP contribution in [0.1, 0.15) is 39.2 Å². The molecule has 2 nitrogen and oxygen atoms in total. The molecule has 0 saturated heterocycles. The van der Waals surface area contributed by atoms with Gasteiger partial charge in [0.25, 0.3) is 0 Å². The van der Waals surface area contributed by atoms with Gasteiger partial charge in [-0.1, -0.05) is 32.4 Å². The van der Waals surface area contributed by atoms with Crippen molar-refractivity contribution in [2.75, 3.05) is 20.2 Å². The first-order valence-electron chi connectivity index (χ1n) is 7.01. The van der Waals surface area contributed by atoms with Crippen LogP contribution < -0.4 is 10.1 Å². The van der Waals surface area contributed by atoms with Crippen LogP contribution >= 0.6 is 11.6 Å². The number of hydrogen-bond donors (Lipinski definition) is 1. The van der Waals surface area contributed by atoms with Gasteiger partial charge in [0, 0.05) is 5.02 Å². The Bertz CT molecular complexity index is 390. The quantitative estimate of drug-likeness (QED) is 0.718. The van der Waals surface area contributed by atoms with Gasteiger partial charge >= 0.3 is 0 Å². The van der Waals surface area contributed by atoms with Crippen molar-refractivity contribution >= 4 is 11.6 Å². The molecule has 108 valence electrons. The van der Waals surface area contributed by atoms with Crippen LogP contribution in [0.2, 0.25) is 5.02 Å². The van der Waals surface area contributed by atoms with Gasteiger partial charge in [0.15, 0.2) is 0 Å². The summed E-state index contributed by atoms with van der Waals surface area (Å²) < 4.78 is 5.39. The van der Waals surface area contributed by atoms with Crippen molar-refractivity contribution in [2.45, 2.75) is 40.0 Å². The molecule has 0 fully saturated rings. The Kier molecular flexibility index (Phi) is 6.67. The topological polar surface area (TPSA) is 21.3 Å². The molecule has 1 aromatic carbocycles. The third-order valence-electron chi connectivity index (χ3n) is 3.54. The Labute approximate surface area is 122 Å². The Balaban J connectivity index is 2.57. The molecule has 0 heterocycles. The van der Waals surface area contributed by atoms with Crippen molar-refractivity contribution in [1.82, 2.24) is 5.32 Å². The number of rotatable bonds is 8. The van der Waals surface area contributed by atoms with Gasteiger partial charge in [-0.3, -0.25) is 0 Å². The van der Waals surface area contributed by atoms with E-state index in [2.05, 4.69) is 26.1 Å². The molecule has 0 atom stereocenters. The lowest BCUT2D eigenvalue weighted by molar-refractivity contribution is 0.301. The molecule has 0 aliphatic heterocycles. The first-order chi connectivity index (χ1) is 8.98. The van der Waals surface area contributed by atoms with Gasteiger partial charge < -0.3 is 10.1 Å². The van der Waals surface area contributed by atoms with Crippen LogP contribution in [0.5, 0.6) is 5.75 Å². The van der Waals surface area contributed by atoms with E-state index in [1.807, 2.05) is 18.2 Å². The van der Waals surface area contributed by atoms with Gasteiger partial charge in [0.2, 0.25) is 0 Å². The molecule has 0 spiro atoms. The first kappa shape index (κ1) is 16.3. The van der Waals surface area contributed by atoms with Crippen molar-refractivity contribution in [3.8, 4) is 5.75 Å². The molecule has 1 rings (SSSR count). The van der Waals surface area contributed by atoms with Crippen molar-refractivity contribution in [1.29, 1.82) is 0 Å². The van der Waals surface area contributed by atoms with E-state index in [0.717, 1.165) is 36.7 Å². The summed E-state index contributed by atoms with van der Waals surface area (Å²) in [5.41, 5.74) is 1.53. The largest absolute Gasteiger partial charge is 0.496 e. The third-order valence-corrected chi connectivity index (χ3v) is 3.78. The number of nitrogens with one attached hydrogen (secondary N) is 1. The van der Waals surface area contributed by atoms with Crippen LogP contribution in [0.4, 0.5) is 0 Å². The van der Waals surface area contributed by atoms with Crippen LogP contribution in [0.3, 0.4) is 0 Å². The molecular formula is C16H26ClNO. The van der Waals surface area contributed by atoms with Gasteiger partial charge in [-0.25, -0.2) is 0 Å². The summed E-state index contributed by atoms with van der Waals surface area (Å²) in [7, 11) is 1.71. The van der Waals surface area contributed by atoms with Crippen molar-refractivity contribution in [2.24, 2.45) is 5.41 Å². The summed E-state index contributed by atoms with van der Waals surface area (Å²) in [6.07, 6.45) is 3.32. The smallest absolute Gasteiger partial charge is 0.122 e. The number of methoxy groups -OCH3 is 1. The molecule has 3 heteroatoms. The lowest BCUT2D eigenvalue weighted by Gasteiger charge is -2.25. The van der Waals surface area contributed by atoms with E-state index >= 15 is 0 Å². The zero-order valence-electron chi connectivity index (χ0n) is 12.6. The Morgan fingerprint density at radius 1 is 1.26 bits per heavy atom. The van der Waals surface area contributed by atoms with Gasteiger partial charge in [-0.15, -0.1) is 0 Å². The summed E-state index contributed by atoms with van der Waals surface area (Å²) >= 11 is 6.06. The summed E-state index contributed by atoms with van der Waals surface area (Å²) in [5.74, 6) is 0.937. The summed E-state index contributed by atoms with van der Waals surface area (Å²) in [4.78, 5) is 0. The second kappa shape index (κ2) is 7.76. The number of benzene rings is 1. The van der Waals surface area contributed by atoms with Gasteiger partial charge in [0.1, 0.15) is 5.75 Å². The maximum absolute atomic E-state index is 6.06. The molecule has 0 unspecified atom stereocenters. The van der Waals surface area contributed by atoms with Crippen molar-refractivity contribution < 1.29 is 4.74 Å². The maximum Gasteiger partial charge on any atom is 0.122 e. The minimum absolute atomic E-state index is 0.329. The van der Waals surface area contributed by atoms with E-state index < -0.39 is 0 Å². The van der Waals surface area contributed by atoms with Crippen LogP contribution in [0.15, 0.2) is 18.2 Å². The molecule has 0 saturated carbocycles. The van der Waals surface area contributed by atoms with E-state index in [4.69, 9.17) is 16.3 Å². The Hall–Kier alpha value is -0.730. The zero-order valence-corrected chi connectivity index (χ0v) is 13.3. The highest BCUT2D eigenvalue weighted by Gasteiger charge is 2.18. The molecule has 1 aromatic rings. The van der Waals surface area contributed by atoms with Crippen LogP contribution in [-0.2, 0) is 6.42 Å². The monoisotopic (exact) mass is 283 g/mol. The van der Waals surface area contributed by atoms with Crippen molar-refractivity contribution in [3.05, 3.63) is 28.8 Å². The molecule has 0 bridgehead atoms. The lowest BCUT2D eigenvalue weighted by atomic mass is 9.83. The molecule has 0 aliphatic rings. The number of halogens is 1. The van der Waals surface area contributed by atoms with E-state index in [9.17, 15) is 0 Å². The third kappa shape index (κ3) is 5.84. The minimum Gasteiger partial charge on any atom is -0.496 e. The summed E-state index contributed by atoms with van der Waals surface area (Å²) in [6.45, 7) is 8.90. The fraction of sp³-hybridized carbons (Fsp3) is 0.625. The van der Waals surface area contributed by atoms with Gasteiger partial charge in [-0.2, -0.15) is 0 Å². The van der Waals surface area contributed by atoms with E-state index in [1.54, 1.807) is 7.11 Å². The zero-order chi connectivity index (χ0) is 14.3. The number of ether oxygens (including phenoxy) is 1. The van der Waals surface area contributed by atoms with Crippen LogP contribution in [0.25, 0.3) is 0 Å². The minimum atomic E-state index is 0.329. The van der Waals surface area contributed by atoms with Gasteiger partial charge in [-0.05, 0) is 61.5 Å². The normalized spacial score (nSPS) is 11.6.